The van der Waals surface area contributed by atoms with E-state index in [0.29, 0.717) is 18.7 Å². The van der Waals surface area contributed by atoms with E-state index in [1.54, 1.807) is 11.3 Å². The Morgan fingerprint density at radius 1 is 1.08 bits per heavy atom. The topological polar surface area (TPSA) is 102 Å². The van der Waals surface area contributed by atoms with E-state index in [1.807, 2.05) is 92.0 Å². The molecular weight excluding hydrogens is 472 g/mol. The number of hydrogen-bond donors (Lipinski definition) is 4. The Hall–Kier alpha value is -3.95. The third-order valence-electron chi connectivity index (χ3n) is 5.55. The third-order valence-corrected chi connectivity index (χ3v) is 6.43. The molecule has 2 aromatic heterocycles. The van der Waals surface area contributed by atoms with Gasteiger partial charge in [0.2, 0.25) is 5.91 Å². The first-order chi connectivity index (χ1) is 17.4. The first-order valence-electron chi connectivity index (χ1n) is 11.7. The summed E-state index contributed by atoms with van der Waals surface area (Å²) in [5, 5.41) is 19.1. The van der Waals surface area contributed by atoms with E-state index in [2.05, 4.69) is 26.1 Å². The molecule has 0 spiro atoms. The van der Waals surface area contributed by atoms with E-state index in [0.717, 1.165) is 44.8 Å². The average molecular weight is 503 g/mol. The van der Waals surface area contributed by atoms with E-state index in [4.69, 9.17) is 0 Å². The number of benzene rings is 2. The molecule has 0 saturated carbocycles. The van der Waals surface area contributed by atoms with Crippen LogP contribution in [0.5, 0.6) is 0 Å². The molecule has 0 atom stereocenters. The smallest absolute Gasteiger partial charge is 0.319 e. The average Bonchev–Trinajstić information content (AvgIpc) is 3.47. The number of rotatable bonds is 9. The van der Waals surface area contributed by atoms with E-state index in [1.165, 1.54) is 0 Å². The zero-order chi connectivity index (χ0) is 25.5. The molecule has 0 bridgehead atoms. The van der Waals surface area contributed by atoms with E-state index < -0.39 is 0 Å². The van der Waals surface area contributed by atoms with Gasteiger partial charge in [0.25, 0.3) is 0 Å². The maximum Gasteiger partial charge on any atom is 0.319 e. The predicted octanol–water partition coefficient (Wildman–Crippen LogP) is 4.97. The zero-order valence-electron chi connectivity index (χ0n) is 20.6. The van der Waals surface area contributed by atoms with Crippen LogP contribution < -0.4 is 16.0 Å². The van der Waals surface area contributed by atoms with Gasteiger partial charge >= 0.3 is 6.03 Å². The van der Waals surface area contributed by atoms with Crippen molar-refractivity contribution in [2.24, 2.45) is 0 Å². The normalized spacial score (nSPS) is 11.3. The maximum absolute atomic E-state index is 12.5. The number of thiophene rings is 1. The summed E-state index contributed by atoms with van der Waals surface area (Å²) in [5.41, 5.74) is 5.02. The van der Waals surface area contributed by atoms with Crippen LogP contribution in [0.4, 0.5) is 16.2 Å². The Labute approximate surface area is 214 Å². The predicted molar refractivity (Wildman–Crippen MR) is 148 cm³/mol. The molecule has 8 nitrogen and oxygen atoms in total. The van der Waals surface area contributed by atoms with Gasteiger partial charge in [0, 0.05) is 34.7 Å². The molecule has 4 N–H and O–H groups in total. The van der Waals surface area contributed by atoms with Gasteiger partial charge in [0.1, 0.15) is 0 Å². The monoisotopic (exact) mass is 502 g/mol. The Morgan fingerprint density at radius 3 is 2.72 bits per heavy atom. The summed E-state index contributed by atoms with van der Waals surface area (Å²) in [6.45, 7) is 3.31. The van der Waals surface area contributed by atoms with Crippen LogP contribution in [0.3, 0.4) is 0 Å². The number of hydrogen-bond acceptors (Lipinski definition) is 5. The highest BCUT2D eigenvalue weighted by Crippen LogP contribution is 2.26. The number of amides is 3. The molecule has 0 aliphatic heterocycles. The van der Waals surface area contributed by atoms with Crippen molar-refractivity contribution in [1.29, 1.82) is 0 Å². The highest BCUT2D eigenvalue weighted by atomic mass is 32.1. The second kappa shape index (κ2) is 11.7. The second-order valence-electron chi connectivity index (χ2n) is 8.77. The first kappa shape index (κ1) is 25.2. The number of H-pyrrole nitrogens is 1. The summed E-state index contributed by atoms with van der Waals surface area (Å²) < 4.78 is 0. The summed E-state index contributed by atoms with van der Waals surface area (Å²) in [5.74, 6) is -0.0458. The molecule has 2 aromatic carbocycles. The number of carbonyl (C=O) groups is 2. The maximum atomic E-state index is 12.5. The summed E-state index contributed by atoms with van der Waals surface area (Å²) >= 11 is 1.57. The van der Waals surface area contributed by atoms with Gasteiger partial charge in [-0.3, -0.25) is 9.89 Å². The summed E-state index contributed by atoms with van der Waals surface area (Å²) in [6, 6.07) is 15.2. The lowest BCUT2D eigenvalue weighted by molar-refractivity contribution is -0.115. The lowest BCUT2D eigenvalue weighted by atomic mass is 10.1. The van der Waals surface area contributed by atoms with Gasteiger partial charge in [-0.05, 0) is 73.9 Å². The zero-order valence-corrected chi connectivity index (χ0v) is 21.4. The van der Waals surface area contributed by atoms with Crippen LogP contribution in [0, 0.1) is 6.92 Å². The number of nitrogens with zero attached hydrogens (tertiary/aromatic N) is 2. The number of carbonyl (C=O) groups excluding carboxylic acids is 2. The number of anilines is 2. The van der Waals surface area contributed by atoms with Crippen molar-refractivity contribution in [2.75, 3.05) is 37.8 Å². The molecule has 36 heavy (non-hydrogen) atoms. The molecule has 0 saturated heterocycles. The Morgan fingerprint density at radius 2 is 1.94 bits per heavy atom. The molecule has 0 radical (unpaired) electrons. The largest absolute Gasteiger partial charge is 0.337 e. The van der Waals surface area contributed by atoms with Gasteiger partial charge in [-0.2, -0.15) is 5.10 Å². The number of nitrogens with one attached hydrogen (secondary N) is 4. The fourth-order valence-corrected chi connectivity index (χ4v) is 4.39. The SMILES string of the molecule is Cc1cc2[nH]nc(/C=C/c3cccc(NC(=O)NCCN(C)C)c3)c2cc1NC(=O)Cc1cccs1. The van der Waals surface area contributed by atoms with Gasteiger partial charge < -0.3 is 20.9 Å². The Kier molecular flexibility index (Phi) is 8.14. The van der Waals surface area contributed by atoms with Crippen LogP contribution in [0.1, 0.15) is 21.7 Å². The lowest BCUT2D eigenvalue weighted by Crippen LogP contribution is -2.34. The number of likely N-dealkylation sites (N-methyl/N-ethyl adjacent to an activating group) is 1. The molecule has 0 fully saturated rings. The number of fused-ring (bicyclic) bond motifs is 1. The van der Waals surface area contributed by atoms with Gasteiger partial charge in [-0.15, -0.1) is 11.3 Å². The van der Waals surface area contributed by atoms with Crippen LogP contribution >= 0.6 is 11.3 Å². The lowest BCUT2D eigenvalue weighted by Gasteiger charge is -2.11. The number of aryl methyl sites for hydroxylation is 1. The first-order valence-corrected chi connectivity index (χ1v) is 12.5. The van der Waals surface area contributed by atoms with E-state index in [9.17, 15) is 9.59 Å². The highest BCUT2D eigenvalue weighted by molar-refractivity contribution is 7.10. The molecule has 4 aromatic rings. The quantitative estimate of drug-likeness (QED) is 0.260. The summed E-state index contributed by atoms with van der Waals surface area (Å²) in [6.07, 6.45) is 4.21. The minimum Gasteiger partial charge on any atom is -0.337 e. The van der Waals surface area contributed by atoms with Crippen molar-refractivity contribution in [3.63, 3.8) is 0 Å². The van der Waals surface area contributed by atoms with Gasteiger partial charge in [0.15, 0.2) is 0 Å². The van der Waals surface area contributed by atoms with Gasteiger partial charge in [0.05, 0.1) is 17.6 Å². The van der Waals surface area contributed by atoms with Crippen LogP contribution in [0.2, 0.25) is 0 Å². The van der Waals surface area contributed by atoms with Crippen molar-refractivity contribution in [1.82, 2.24) is 20.4 Å². The molecule has 186 valence electrons. The number of aromatic amines is 1. The van der Waals surface area contributed by atoms with Crippen LogP contribution in [0.25, 0.3) is 23.1 Å². The van der Waals surface area contributed by atoms with Crippen molar-refractivity contribution in [3.05, 3.63) is 75.6 Å². The van der Waals surface area contributed by atoms with Gasteiger partial charge in [-0.25, -0.2) is 4.79 Å². The van der Waals surface area contributed by atoms with Gasteiger partial charge in [-0.1, -0.05) is 24.3 Å². The van der Waals surface area contributed by atoms with Crippen molar-refractivity contribution in [3.8, 4) is 0 Å². The van der Waals surface area contributed by atoms with Crippen LogP contribution in [0.15, 0.2) is 53.9 Å². The standard InChI is InChI=1S/C27H30N6O2S/c1-18-14-25-22(17-24(18)30-26(34)16-21-8-5-13-36-21)23(31-32-25)10-9-19-6-4-7-20(15-19)29-27(35)28-11-12-33(2)3/h4-10,13-15,17H,11-12,16H2,1-3H3,(H,30,34)(H,31,32)(H2,28,29,35)/b10-9+. The van der Waals surface area contributed by atoms with Crippen LogP contribution in [-0.4, -0.2) is 54.2 Å². The molecule has 4 rings (SSSR count). The van der Waals surface area contributed by atoms with Crippen molar-refractivity contribution in [2.45, 2.75) is 13.3 Å². The fourth-order valence-electron chi connectivity index (χ4n) is 3.68. The molecule has 3 amide bonds. The summed E-state index contributed by atoms with van der Waals surface area (Å²) in [4.78, 5) is 27.7. The molecular formula is C27H30N6O2S. The second-order valence-corrected chi connectivity index (χ2v) is 9.80. The molecule has 9 heteroatoms. The minimum absolute atomic E-state index is 0.0458. The molecule has 0 unspecified atom stereocenters. The Bertz CT molecular complexity index is 1370. The fraction of sp³-hybridized carbons (Fsp3) is 0.222. The number of urea groups is 1. The highest BCUT2D eigenvalue weighted by Gasteiger charge is 2.11. The molecule has 2 heterocycles. The Balaban J connectivity index is 1.45. The summed E-state index contributed by atoms with van der Waals surface area (Å²) in [7, 11) is 3.92. The van der Waals surface area contributed by atoms with Crippen molar-refractivity contribution >= 4 is 57.7 Å². The van der Waals surface area contributed by atoms with E-state index >= 15 is 0 Å². The van der Waals surface area contributed by atoms with Crippen molar-refractivity contribution < 1.29 is 9.59 Å². The minimum atomic E-state index is -0.236. The van der Waals surface area contributed by atoms with E-state index in [-0.39, 0.29) is 11.9 Å². The third kappa shape index (κ3) is 6.80. The number of aromatic nitrogens is 2. The molecule has 0 aliphatic carbocycles. The van der Waals surface area contributed by atoms with Crippen LogP contribution in [-0.2, 0) is 11.2 Å². The molecule has 0 aliphatic rings.